The quantitative estimate of drug-likeness (QED) is 0.917. The molecule has 112 valence electrons. The minimum atomic E-state index is 0.488. The molecule has 0 amide bonds. The van der Waals surface area contributed by atoms with Crippen LogP contribution < -0.4 is 10.1 Å². The van der Waals surface area contributed by atoms with Gasteiger partial charge in [0.25, 0.3) is 0 Å². The number of aryl methyl sites for hydroxylation is 2. The number of benzene rings is 1. The smallest absolute Gasteiger partial charge is 0.146 e. The SMILES string of the molecule is CCn1ccnc1COc1ccc2c(c1)CCCC2NC. The molecule has 0 bridgehead atoms. The molecule has 1 aliphatic rings. The third kappa shape index (κ3) is 2.95. The van der Waals surface area contributed by atoms with Crippen molar-refractivity contribution >= 4 is 0 Å². The fourth-order valence-corrected chi connectivity index (χ4v) is 3.10. The fraction of sp³-hybridized carbons (Fsp3) is 0.471. The summed E-state index contributed by atoms with van der Waals surface area (Å²) in [7, 11) is 2.04. The molecule has 1 unspecified atom stereocenters. The maximum absolute atomic E-state index is 5.92. The highest BCUT2D eigenvalue weighted by atomic mass is 16.5. The second-order valence-corrected chi connectivity index (χ2v) is 5.51. The summed E-state index contributed by atoms with van der Waals surface area (Å²) >= 11 is 0. The van der Waals surface area contributed by atoms with Crippen molar-refractivity contribution in [2.45, 2.75) is 45.4 Å². The topological polar surface area (TPSA) is 39.1 Å². The number of hydrogen-bond donors (Lipinski definition) is 1. The Hall–Kier alpha value is -1.81. The highest BCUT2D eigenvalue weighted by Gasteiger charge is 2.19. The zero-order valence-electron chi connectivity index (χ0n) is 12.8. The molecule has 1 aromatic carbocycles. The molecule has 1 N–H and O–H groups in total. The molecule has 0 saturated carbocycles. The summed E-state index contributed by atoms with van der Waals surface area (Å²) < 4.78 is 8.03. The molecule has 1 atom stereocenters. The molecule has 0 radical (unpaired) electrons. The summed E-state index contributed by atoms with van der Waals surface area (Å²) in [6.07, 6.45) is 7.42. The van der Waals surface area contributed by atoms with Crippen LogP contribution in [0.15, 0.2) is 30.6 Å². The lowest BCUT2D eigenvalue weighted by Gasteiger charge is -2.25. The molecular formula is C17H23N3O. The summed E-state index contributed by atoms with van der Waals surface area (Å²) in [5, 5.41) is 3.39. The van der Waals surface area contributed by atoms with Crippen LogP contribution in [-0.4, -0.2) is 16.6 Å². The molecule has 1 aliphatic carbocycles. The van der Waals surface area contributed by atoms with Crippen LogP contribution in [0.4, 0.5) is 0 Å². The van der Waals surface area contributed by atoms with Gasteiger partial charge in [-0.1, -0.05) is 6.07 Å². The monoisotopic (exact) mass is 285 g/mol. The molecule has 0 fully saturated rings. The summed E-state index contributed by atoms with van der Waals surface area (Å²) in [5.41, 5.74) is 2.84. The normalized spacial score (nSPS) is 17.5. The summed E-state index contributed by atoms with van der Waals surface area (Å²) in [5.74, 6) is 1.92. The standard InChI is InChI=1S/C17H23N3O/c1-3-20-10-9-19-17(20)12-21-14-7-8-15-13(11-14)5-4-6-16(15)18-2/h7-11,16,18H,3-6,12H2,1-2H3. The van der Waals surface area contributed by atoms with Gasteiger partial charge >= 0.3 is 0 Å². The van der Waals surface area contributed by atoms with Crippen LogP contribution in [0, 0.1) is 0 Å². The molecule has 0 saturated heterocycles. The van der Waals surface area contributed by atoms with Gasteiger partial charge in [-0.15, -0.1) is 0 Å². The van der Waals surface area contributed by atoms with Gasteiger partial charge in [0.05, 0.1) is 0 Å². The van der Waals surface area contributed by atoms with Crippen LogP contribution in [0.2, 0.25) is 0 Å². The number of ether oxygens (including phenoxy) is 1. The van der Waals surface area contributed by atoms with Crippen LogP contribution in [0.1, 0.15) is 42.8 Å². The van der Waals surface area contributed by atoms with E-state index in [-0.39, 0.29) is 0 Å². The Labute approximate surface area is 126 Å². The fourth-order valence-electron chi connectivity index (χ4n) is 3.10. The predicted octanol–water partition coefficient (Wildman–Crippen LogP) is 3.08. The summed E-state index contributed by atoms with van der Waals surface area (Å²) in [4.78, 5) is 4.34. The van der Waals surface area contributed by atoms with E-state index in [1.165, 1.54) is 24.0 Å². The minimum Gasteiger partial charge on any atom is -0.486 e. The van der Waals surface area contributed by atoms with E-state index in [2.05, 4.69) is 40.0 Å². The van der Waals surface area contributed by atoms with Gasteiger partial charge in [-0.05, 0) is 56.5 Å². The molecule has 0 spiro atoms. The highest BCUT2D eigenvalue weighted by molar-refractivity contribution is 5.39. The van der Waals surface area contributed by atoms with Gasteiger partial charge in [-0.3, -0.25) is 0 Å². The zero-order chi connectivity index (χ0) is 14.7. The Balaban J connectivity index is 1.72. The second-order valence-electron chi connectivity index (χ2n) is 5.51. The van der Waals surface area contributed by atoms with Crippen LogP contribution in [0.3, 0.4) is 0 Å². The van der Waals surface area contributed by atoms with Crippen molar-refractivity contribution in [1.29, 1.82) is 0 Å². The number of hydrogen-bond acceptors (Lipinski definition) is 3. The van der Waals surface area contributed by atoms with Crippen LogP contribution >= 0.6 is 0 Å². The molecule has 2 aromatic rings. The van der Waals surface area contributed by atoms with Gasteiger partial charge in [-0.2, -0.15) is 0 Å². The molecule has 4 nitrogen and oxygen atoms in total. The number of nitrogens with zero attached hydrogens (tertiary/aromatic N) is 2. The van der Waals surface area contributed by atoms with E-state index >= 15 is 0 Å². The first-order chi connectivity index (χ1) is 10.3. The average molecular weight is 285 g/mol. The number of imidazole rings is 1. The molecular weight excluding hydrogens is 262 g/mol. The first-order valence-corrected chi connectivity index (χ1v) is 7.74. The summed E-state index contributed by atoms with van der Waals surface area (Å²) in [6.45, 7) is 3.56. The number of fused-ring (bicyclic) bond motifs is 1. The van der Waals surface area contributed by atoms with E-state index in [1.54, 1.807) is 0 Å². The van der Waals surface area contributed by atoms with E-state index in [4.69, 9.17) is 4.74 Å². The largest absolute Gasteiger partial charge is 0.486 e. The summed E-state index contributed by atoms with van der Waals surface area (Å²) in [6, 6.07) is 6.96. The maximum atomic E-state index is 5.92. The second kappa shape index (κ2) is 6.31. The first-order valence-electron chi connectivity index (χ1n) is 7.74. The van der Waals surface area contributed by atoms with Crippen LogP contribution in [0.25, 0.3) is 0 Å². The van der Waals surface area contributed by atoms with Crippen LogP contribution in [0.5, 0.6) is 5.75 Å². The maximum Gasteiger partial charge on any atom is 0.146 e. The van der Waals surface area contributed by atoms with E-state index in [1.807, 2.05) is 19.4 Å². The Morgan fingerprint density at radius 3 is 3.14 bits per heavy atom. The predicted molar refractivity (Wildman–Crippen MR) is 83.4 cm³/mol. The first kappa shape index (κ1) is 14.1. The molecule has 0 aliphatic heterocycles. The Kier molecular flexibility index (Phi) is 4.25. The van der Waals surface area contributed by atoms with Gasteiger partial charge in [-0.25, -0.2) is 4.98 Å². The van der Waals surface area contributed by atoms with Crippen LogP contribution in [-0.2, 0) is 19.6 Å². The number of nitrogens with one attached hydrogen (secondary N) is 1. The number of aromatic nitrogens is 2. The molecule has 1 heterocycles. The van der Waals surface area contributed by atoms with E-state index in [0.29, 0.717) is 12.6 Å². The van der Waals surface area contributed by atoms with Crippen molar-refractivity contribution in [2.75, 3.05) is 7.05 Å². The van der Waals surface area contributed by atoms with Gasteiger partial charge in [0.2, 0.25) is 0 Å². The molecule has 21 heavy (non-hydrogen) atoms. The van der Waals surface area contributed by atoms with Gasteiger partial charge < -0.3 is 14.6 Å². The van der Waals surface area contributed by atoms with Crippen molar-refractivity contribution in [1.82, 2.24) is 14.9 Å². The van der Waals surface area contributed by atoms with E-state index < -0.39 is 0 Å². The lowest BCUT2D eigenvalue weighted by Crippen LogP contribution is -2.21. The average Bonchev–Trinajstić information content (AvgIpc) is 2.99. The minimum absolute atomic E-state index is 0.488. The Bertz CT molecular complexity index is 606. The van der Waals surface area contributed by atoms with E-state index in [9.17, 15) is 0 Å². The molecule has 4 heteroatoms. The van der Waals surface area contributed by atoms with Crippen molar-refractivity contribution in [3.05, 3.63) is 47.5 Å². The van der Waals surface area contributed by atoms with E-state index in [0.717, 1.165) is 24.5 Å². The Morgan fingerprint density at radius 1 is 1.43 bits per heavy atom. The zero-order valence-corrected chi connectivity index (χ0v) is 12.8. The molecule has 3 rings (SSSR count). The Morgan fingerprint density at radius 2 is 2.33 bits per heavy atom. The third-order valence-corrected chi connectivity index (χ3v) is 4.29. The van der Waals surface area contributed by atoms with Crippen molar-refractivity contribution in [3.8, 4) is 5.75 Å². The lowest BCUT2D eigenvalue weighted by atomic mass is 9.87. The van der Waals surface area contributed by atoms with Crippen molar-refractivity contribution in [2.24, 2.45) is 0 Å². The molecule has 1 aromatic heterocycles. The lowest BCUT2D eigenvalue weighted by molar-refractivity contribution is 0.289. The van der Waals surface area contributed by atoms with Gasteiger partial charge in [0.1, 0.15) is 18.2 Å². The van der Waals surface area contributed by atoms with Gasteiger partial charge in [0.15, 0.2) is 0 Å². The van der Waals surface area contributed by atoms with Crippen molar-refractivity contribution in [3.63, 3.8) is 0 Å². The van der Waals surface area contributed by atoms with Gasteiger partial charge in [0, 0.05) is 25.0 Å². The highest BCUT2D eigenvalue weighted by Crippen LogP contribution is 2.32. The third-order valence-electron chi connectivity index (χ3n) is 4.29. The number of rotatable bonds is 5. The van der Waals surface area contributed by atoms with Crippen molar-refractivity contribution < 1.29 is 4.74 Å².